The summed E-state index contributed by atoms with van der Waals surface area (Å²) in [6.45, 7) is 2.17. The van der Waals surface area contributed by atoms with Crippen molar-refractivity contribution in [2.45, 2.75) is 38.7 Å². The summed E-state index contributed by atoms with van der Waals surface area (Å²) >= 11 is 0. The molecule has 0 bridgehead atoms. The summed E-state index contributed by atoms with van der Waals surface area (Å²) in [5.41, 5.74) is 3.02. The van der Waals surface area contributed by atoms with Crippen molar-refractivity contribution in [1.82, 2.24) is 4.98 Å². The van der Waals surface area contributed by atoms with Crippen LogP contribution in [-0.2, 0) is 9.53 Å². The molecule has 4 heteroatoms. The van der Waals surface area contributed by atoms with Crippen LogP contribution in [0.4, 0.5) is 5.69 Å². The summed E-state index contributed by atoms with van der Waals surface area (Å²) in [6, 6.07) is 7.94. The predicted octanol–water partition coefficient (Wildman–Crippen LogP) is 3.37. The van der Waals surface area contributed by atoms with Gasteiger partial charge in [0.2, 0.25) is 5.91 Å². The van der Waals surface area contributed by atoms with Crippen molar-refractivity contribution in [3.05, 3.63) is 30.0 Å². The Hall–Kier alpha value is -1.81. The lowest BCUT2D eigenvalue weighted by Gasteiger charge is -2.11. The molecule has 1 aromatic carbocycles. The molecule has 3 rings (SSSR count). The number of fused-ring (bicyclic) bond motifs is 1. The summed E-state index contributed by atoms with van der Waals surface area (Å²) in [5, 5.41) is 4.00. The number of amides is 1. The van der Waals surface area contributed by atoms with Gasteiger partial charge in [-0.15, -0.1) is 0 Å². The maximum absolute atomic E-state index is 11.9. The van der Waals surface area contributed by atoms with Gasteiger partial charge in [0, 0.05) is 22.3 Å². The number of benzene rings is 1. The third-order valence-electron chi connectivity index (χ3n) is 3.79. The fraction of sp³-hybridized carbons (Fsp3) is 0.438. The predicted molar refractivity (Wildman–Crippen MR) is 79.9 cm³/mol. The number of rotatable bonds is 4. The number of carbonyl (C=O) groups is 1. The summed E-state index contributed by atoms with van der Waals surface area (Å²) < 4.78 is 5.61. The van der Waals surface area contributed by atoms with Crippen LogP contribution >= 0.6 is 0 Å². The number of hydrogen-bond donors (Lipinski definition) is 2. The Labute approximate surface area is 118 Å². The largest absolute Gasteiger partial charge is 0.368 e. The molecule has 2 N–H and O–H groups in total. The van der Waals surface area contributed by atoms with E-state index in [0.29, 0.717) is 0 Å². The van der Waals surface area contributed by atoms with Gasteiger partial charge < -0.3 is 15.0 Å². The molecule has 1 aromatic heterocycles. The molecular formula is C16H20N2O2. The first-order valence-corrected chi connectivity index (χ1v) is 7.21. The molecule has 1 aliphatic rings. The number of ether oxygens (including phenoxy) is 1. The molecule has 2 aromatic rings. The molecule has 1 saturated carbocycles. The SMILES string of the molecule is Cc1cc2cc(NC(=O)COC3CCCC3)ccc2[nH]1. The summed E-state index contributed by atoms with van der Waals surface area (Å²) in [5.74, 6) is -0.0801. The molecule has 0 spiro atoms. The Kier molecular flexibility index (Phi) is 3.74. The third-order valence-corrected chi connectivity index (χ3v) is 3.79. The second kappa shape index (κ2) is 5.67. The van der Waals surface area contributed by atoms with E-state index in [2.05, 4.69) is 16.4 Å². The number of carbonyl (C=O) groups excluding carboxylic acids is 1. The minimum absolute atomic E-state index is 0.0801. The molecule has 1 aliphatic carbocycles. The van der Waals surface area contributed by atoms with Crippen molar-refractivity contribution in [2.24, 2.45) is 0 Å². The summed E-state index contributed by atoms with van der Waals surface area (Å²) in [4.78, 5) is 15.1. The average molecular weight is 272 g/mol. The summed E-state index contributed by atoms with van der Waals surface area (Å²) in [6.07, 6.45) is 4.88. The van der Waals surface area contributed by atoms with Gasteiger partial charge in [-0.3, -0.25) is 4.79 Å². The first-order valence-electron chi connectivity index (χ1n) is 7.21. The minimum atomic E-state index is -0.0801. The Morgan fingerprint density at radius 3 is 2.95 bits per heavy atom. The second-order valence-electron chi connectivity index (χ2n) is 5.52. The molecule has 4 nitrogen and oxygen atoms in total. The topological polar surface area (TPSA) is 54.1 Å². The van der Waals surface area contributed by atoms with Gasteiger partial charge in [-0.1, -0.05) is 12.8 Å². The highest BCUT2D eigenvalue weighted by molar-refractivity contribution is 5.94. The van der Waals surface area contributed by atoms with Crippen LogP contribution in [0.2, 0.25) is 0 Å². The molecule has 0 unspecified atom stereocenters. The number of aromatic amines is 1. The van der Waals surface area contributed by atoms with Crippen LogP contribution in [-0.4, -0.2) is 23.6 Å². The van der Waals surface area contributed by atoms with E-state index < -0.39 is 0 Å². The van der Waals surface area contributed by atoms with E-state index in [1.54, 1.807) is 0 Å². The Balaban J connectivity index is 1.58. The standard InChI is InChI=1S/C16H20N2O2/c1-11-8-12-9-13(6-7-15(12)17-11)18-16(19)10-20-14-4-2-3-5-14/h6-9,14,17H,2-5,10H2,1H3,(H,18,19). The highest BCUT2D eigenvalue weighted by atomic mass is 16.5. The smallest absolute Gasteiger partial charge is 0.250 e. The maximum Gasteiger partial charge on any atom is 0.250 e. The molecule has 0 radical (unpaired) electrons. The monoisotopic (exact) mass is 272 g/mol. The van der Waals surface area contributed by atoms with E-state index in [-0.39, 0.29) is 18.6 Å². The van der Waals surface area contributed by atoms with Gasteiger partial charge in [0.15, 0.2) is 0 Å². The van der Waals surface area contributed by atoms with Crippen LogP contribution in [0.5, 0.6) is 0 Å². The first kappa shape index (κ1) is 13.2. The number of aryl methyl sites for hydroxylation is 1. The lowest BCUT2D eigenvalue weighted by molar-refractivity contribution is -0.122. The van der Waals surface area contributed by atoms with Crippen molar-refractivity contribution in [1.29, 1.82) is 0 Å². The van der Waals surface area contributed by atoms with E-state index in [0.717, 1.165) is 35.1 Å². The average Bonchev–Trinajstić information content (AvgIpc) is 3.04. The lowest BCUT2D eigenvalue weighted by atomic mass is 10.2. The van der Waals surface area contributed by atoms with Crippen LogP contribution in [0, 0.1) is 6.92 Å². The zero-order valence-electron chi connectivity index (χ0n) is 11.7. The Morgan fingerprint density at radius 2 is 2.15 bits per heavy atom. The quantitative estimate of drug-likeness (QED) is 0.896. The van der Waals surface area contributed by atoms with Gasteiger partial charge in [0.05, 0.1) is 6.10 Å². The van der Waals surface area contributed by atoms with Crippen LogP contribution in [0.3, 0.4) is 0 Å². The minimum Gasteiger partial charge on any atom is -0.368 e. The normalized spacial score (nSPS) is 15.8. The van der Waals surface area contributed by atoms with Crippen molar-refractivity contribution in [2.75, 3.05) is 11.9 Å². The molecule has 20 heavy (non-hydrogen) atoms. The fourth-order valence-electron chi connectivity index (χ4n) is 2.80. The number of H-pyrrole nitrogens is 1. The van der Waals surface area contributed by atoms with Crippen molar-refractivity contribution < 1.29 is 9.53 Å². The first-order chi connectivity index (χ1) is 9.70. The van der Waals surface area contributed by atoms with E-state index >= 15 is 0 Å². The Morgan fingerprint density at radius 1 is 1.35 bits per heavy atom. The zero-order valence-corrected chi connectivity index (χ0v) is 11.7. The van der Waals surface area contributed by atoms with Gasteiger partial charge in [-0.2, -0.15) is 0 Å². The Bertz CT molecular complexity index is 612. The number of hydrogen-bond acceptors (Lipinski definition) is 2. The van der Waals surface area contributed by atoms with Crippen LogP contribution in [0.25, 0.3) is 10.9 Å². The van der Waals surface area contributed by atoms with Crippen LogP contribution in [0.1, 0.15) is 31.4 Å². The van der Waals surface area contributed by atoms with Crippen molar-refractivity contribution in [3.8, 4) is 0 Å². The molecular weight excluding hydrogens is 252 g/mol. The molecule has 1 heterocycles. The van der Waals surface area contributed by atoms with Crippen molar-refractivity contribution >= 4 is 22.5 Å². The molecule has 1 fully saturated rings. The van der Waals surface area contributed by atoms with Crippen LogP contribution in [0.15, 0.2) is 24.3 Å². The van der Waals surface area contributed by atoms with Gasteiger partial charge in [0.25, 0.3) is 0 Å². The molecule has 0 atom stereocenters. The van der Waals surface area contributed by atoms with Gasteiger partial charge in [-0.05, 0) is 44.0 Å². The van der Waals surface area contributed by atoms with E-state index in [9.17, 15) is 4.79 Å². The fourth-order valence-corrected chi connectivity index (χ4v) is 2.80. The van der Waals surface area contributed by atoms with E-state index in [4.69, 9.17) is 4.74 Å². The molecule has 0 saturated heterocycles. The number of nitrogens with one attached hydrogen (secondary N) is 2. The van der Waals surface area contributed by atoms with E-state index in [1.165, 1.54) is 12.8 Å². The highest BCUT2D eigenvalue weighted by Crippen LogP contribution is 2.21. The number of anilines is 1. The van der Waals surface area contributed by atoms with Gasteiger partial charge in [-0.25, -0.2) is 0 Å². The van der Waals surface area contributed by atoms with Crippen molar-refractivity contribution in [3.63, 3.8) is 0 Å². The molecule has 1 amide bonds. The number of aromatic nitrogens is 1. The van der Waals surface area contributed by atoms with Gasteiger partial charge >= 0.3 is 0 Å². The zero-order chi connectivity index (χ0) is 13.9. The second-order valence-corrected chi connectivity index (χ2v) is 5.52. The maximum atomic E-state index is 11.9. The highest BCUT2D eigenvalue weighted by Gasteiger charge is 2.16. The molecule has 106 valence electrons. The van der Waals surface area contributed by atoms with Crippen LogP contribution < -0.4 is 5.32 Å². The lowest BCUT2D eigenvalue weighted by Crippen LogP contribution is -2.21. The van der Waals surface area contributed by atoms with E-state index in [1.807, 2.05) is 25.1 Å². The van der Waals surface area contributed by atoms with Gasteiger partial charge in [0.1, 0.15) is 6.61 Å². The third kappa shape index (κ3) is 3.02. The summed E-state index contributed by atoms with van der Waals surface area (Å²) in [7, 11) is 0. The molecule has 0 aliphatic heterocycles.